The zero-order valence-corrected chi connectivity index (χ0v) is 17.4. The second-order valence-corrected chi connectivity index (χ2v) is 10.1. The van der Waals surface area contributed by atoms with E-state index in [1.165, 1.54) is 18.2 Å². The summed E-state index contributed by atoms with van der Waals surface area (Å²) in [6.07, 6.45) is 0.998. The Morgan fingerprint density at radius 3 is 1.33 bits per heavy atom. The average molecular weight is 690 g/mol. The molecule has 30 heavy (non-hydrogen) atoms. The summed E-state index contributed by atoms with van der Waals surface area (Å²) >= 11 is 1.58. The van der Waals surface area contributed by atoms with Crippen molar-refractivity contribution >= 4 is 19.7 Å². The maximum atomic E-state index is 13.5. The first-order chi connectivity index (χ1) is 12.5. The van der Waals surface area contributed by atoms with Gasteiger partial charge in [-0.2, -0.15) is 0 Å². The summed E-state index contributed by atoms with van der Waals surface area (Å²) in [7, 11) is -21.3. The quantitative estimate of drug-likeness (QED) is 0.215. The van der Waals surface area contributed by atoms with Crippen LogP contribution in [0.1, 0.15) is 0 Å². The van der Waals surface area contributed by atoms with Gasteiger partial charge in [-0.05, 0) is 0 Å². The molecular weight excluding hydrogens is 685 g/mol. The van der Waals surface area contributed by atoms with Gasteiger partial charge in [0.25, 0.3) is 0 Å². The SMILES string of the molecule is F[P-](F)(F)(F)(F)F.F[P-](F)(F)(F)(F)F.Fc1ccc(-c2c(F)cc(F)c[c]2[Ir+2])nc1. The van der Waals surface area contributed by atoms with E-state index in [1.54, 1.807) is 18.9 Å². The summed E-state index contributed by atoms with van der Waals surface area (Å²) < 4.78 is 158. The Labute approximate surface area is 166 Å². The number of rotatable bonds is 1. The van der Waals surface area contributed by atoms with Gasteiger partial charge in [0.1, 0.15) is 0 Å². The Morgan fingerprint density at radius 1 is 0.633 bits per heavy atom. The summed E-state index contributed by atoms with van der Waals surface area (Å²) in [6.45, 7) is 0. The van der Waals surface area contributed by atoms with Crippen molar-refractivity contribution in [3.63, 3.8) is 0 Å². The van der Waals surface area contributed by atoms with Crippen LogP contribution in [0, 0.1) is 17.5 Å². The molecule has 1 heterocycles. The Hall–Kier alpha value is -1.17. The molecule has 0 aliphatic carbocycles. The number of hydrogen-bond acceptors (Lipinski definition) is 1. The van der Waals surface area contributed by atoms with E-state index in [0.29, 0.717) is 4.08 Å². The van der Waals surface area contributed by atoms with E-state index in [0.717, 1.165) is 12.3 Å². The third-order valence-corrected chi connectivity index (χ3v) is 2.92. The minimum atomic E-state index is -10.7. The molecule has 0 unspecified atom stereocenters. The van der Waals surface area contributed by atoms with E-state index in [9.17, 15) is 63.5 Å². The van der Waals surface area contributed by atoms with Crippen molar-refractivity contribution in [2.45, 2.75) is 0 Å². The van der Waals surface area contributed by atoms with Crippen LogP contribution < -0.4 is 4.08 Å². The van der Waals surface area contributed by atoms with Crippen LogP contribution in [0.25, 0.3) is 11.3 Å². The van der Waals surface area contributed by atoms with Crippen LogP contribution in [0.15, 0.2) is 30.5 Å². The fraction of sp³-hybridized carbons (Fsp3) is 0. The second kappa shape index (κ2) is 7.18. The van der Waals surface area contributed by atoms with Crippen LogP contribution >= 0.6 is 15.6 Å². The monoisotopic (exact) mass is 691 g/mol. The zero-order chi connectivity index (χ0) is 24.5. The molecule has 19 heteroatoms. The van der Waals surface area contributed by atoms with Crippen molar-refractivity contribution < 1.29 is 82.4 Å². The van der Waals surface area contributed by atoms with Gasteiger partial charge < -0.3 is 0 Å². The predicted molar refractivity (Wildman–Crippen MR) is 76.3 cm³/mol. The van der Waals surface area contributed by atoms with Gasteiger partial charge in [-0.15, -0.1) is 0 Å². The number of hydrogen-bond donors (Lipinski definition) is 0. The molecular formula is C11H5F15IrNP2. The molecule has 0 radical (unpaired) electrons. The number of pyridine rings is 1. The van der Waals surface area contributed by atoms with Gasteiger partial charge in [-0.3, -0.25) is 0 Å². The van der Waals surface area contributed by atoms with Crippen LogP contribution in [0.3, 0.4) is 0 Å². The summed E-state index contributed by atoms with van der Waals surface area (Å²) in [5, 5.41) is 0. The number of halogens is 15. The summed E-state index contributed by atoms with van der Waals surface area (Å²) in [5.74, 6) is -1.83. The molecule has 2 aromatic rings. The van der Waals surface area contributed by atoms with Gasteiger partial charge in [0, 0.05) is 0 Å². The molecule has 1 nitrogen and oxygen atoms in total. The average Bonchev–Trinajstić information content (AvgIpc) is 2.32. The second-order valence-electron chi connectivity index (χ2n) is 5.00. The first-order valence-electron chi connectivity index (χ1n) is 6.35. The van der Waals surface area contributed by atoms with E-state index in [2.05, 4.69) is 4.98 Å². The molecule has 0 fully saturated rings. The van der Waals surface area contributed by atoms with Gasteiger partial charge in [0.15, 0.2) is 0 Å². The summed E-state index contributed by atoms with van der Waals surface area (Å²) in [6, 6.07) is 4.54. The molecule has 0 saturated heterocycles. The standard InChI is InChI=1S/C11H5F3N.2F6P.Ir/c12-7-1-3-9(10(14)5-7)11-4-2-8(13)6-15-11;2*1-7(2,3,4,5)6;/h1-2,4-6H;;;/q;2*-1;+2. The van der Waals surface area contributed by atoms with Crippen molar-refractivity contribution in [1.29, 1.82) is 0 Å². The molecule has 1 aromatic heterocycles. The first-order valence-corrected chi connectivity index (χ1v) is 11.6. The van der Waals surface area contributed by atoms with Crippen LogP contribution in [-0.2, 0) is 18.9 Å². The van der Waals surface area contributed by atoms with Crippen molar-refractivity contribution in [1.82, 2.24) is 4.98 Å². The fourth-order valence-corrected chi connectivity index (χ4v) is 2.22. The summed E-state index contributed by atoms with van der Waals surface area (Å²) in [4.78, 5) is 3.76. The fourth-order valence-electron chi connectivity index (χ4n) is 1.29. The van der Waals surface area contributed by atoms with E-state index in [-0.39, 0.29) is 11.3 Å². The molecule has 178 valence electrons. The topological polar surface area (TPSA) is 12.9 Å². The molecule has 0 aliphatic heterocycles. The van der Waals surface area contributed by atoms with E-state index in [1.807, 2.05) is 0 Å². The Balaban J connectivity index is 0.000000503. The minimum absolute atomic E-state index is 0.196. The summed E-state index contributed by atoms with van der Waals surface area (Å²) in [5.41, 5.74) is 0.484. The molecule has 1 aromatic carbocycles. The van der Waals surface area contributed by atoms with Gasteiger partial charge in [-0.25, -0.2) is 0 Å². The van der Waals surface area contributed by atoms with Crippen molar-refractivity contribution in [3.8, 4) is 11.3 Å². The predicted octanol–water partition coefficient (Wildman–Crippen LogP) is 9.10. The van der Waals surface area contributed by atoms with Crippen molar-refractivity contribution in [2.24, 2.45) is 0 Å². The third kappa shape index (κ3) is 21.5. The van der Waals surface area contributed by atoms with Crippen molar-refractivity contribution in [3.05, 3.63) is 47.9 Å². The number of nitrogens with zero attached hydrogens (tertiary/aromatic N) is 1. The first kappa shape index (κ1) is 28.8. The van der Waals surface area contributed by atoms with Crippen LogP contribution in [0.2, 0.25) is 0 Å². The molecule has 0 amide bonds. The molecule has 0 saturated carbocycles. The molecule has 0 atom stereocenters. The van der Waals surface area contributed by atoms with E-state index >= 15 is 0 Å². The number of aromatic nitrogens is 1. The van der Waals surface area contributed by atoms with Crippen LogP contribution in [-0.4, -0.2) is 4.98 Å². The van der Waals surface area contributed by atoms with Gasteiger partial charge in [0.05, 0.1) is 0 Å². The molecule has 0 spiro atoms. The Morgan fingerprint density at radius 2 is 1.03 bits per heavy atom. The Kier molecular flexibility index (Phi) is 6.90. The maximum absolute atomic E-state index is 13.5. The molecule has 0 N–H and O–H groups in total. The van der Waals surface area contributed by atoms with E-state index < -0.39 is 33.1 Å². The van der Waals surface area contributed by atoms with Crippen molar-refractivity contribution in [2.75, 3.05) is 0 Å². The zero-order valence-electron chi connectivity index (χ0n) is 13.2. The molecule has 2 rings (SSSR count). The van der Waals surface area contributed by atoms with Gasteiger partial charge in [-0.1, -0.05) is 0 Å². The normalized spacial score (nSPS) is 16.4. The molecule has 0 bridgehead atoms. The number of benzene rings is 1. The van der Waals surface area contributed by atoms with Crippen LogP contribution in [0.4, 0.5) is 63.5 Å². The Bertz CT molecular complexity index is 829. The van der Waals surface area contributed by atoms with Crippen LogP contribution in [0.5, 0.6) is 0 Å². The third-order valence-electron chi connectivity index (χ3n) is 1.97. The van der Waals surface area contributed by atoms with Gasteiger partial charge in [0.2, 0.25) is 0 Å². The molecule has 0 aliphatic rings. The van der Waals surface area contributed by atoms with E-state index in [4.69, 9.17) is 0 Å². The van der Waals surface area contributed by atoms with Gasteiger partial charge >= 0.3 is 166 Å².